The molecular weight excluding hydrogens is 392 g/mol. The summed E-state index contributed by atoms with van der Waals surface area (Å²) in [7, 11) is 0. The van der Waals surface area contributed by atoms with Gasteiger partial charge in [-0.3, -0.25) is 24.3 Å². The van der Waals surface area contributed by atoms with Crippen LogP contribution in [0.2, 0.25) is 5.02 Å². The summed E-state index contributed by atoms with van der Waals surface area (Å²) in [6.45, 7) is 9.11. The number of anilines is 1. The Kier molecular flexibility index (Phi) is 5.07. The number of nitrogens with zero attached hydrogens (tertiary/aromatic N) is 4. The van der Waals surface area contributed by atoms with Crippen LogP contribution in [0.4, 0.5) is 10.5 Å². The number of carbonyl (C=O) groups excluding carboxylic acids is 3. The Morgan fingerprint density at radius 3 is 2.24 bits per heavy atom. The van der Waals surface area contributed by atoms with Gasteiger partial charge in [0.1, 0.15) is 0 Å². The minimum Gasteiger partial charge on any atom is -0.364 e. The highest BCUT2D eigenvalue weighted by atomic mass is 35.5. The van der Waals surface area contributed by atoms with E-state index in [2.05, 4.69) is 16.7 Å². The number of rotatable bonds is 3. The van der Waals surface area contributed by atoms with Gasteiger partial charge in [0.05, 0.1) is 6.04 Å². The second kappa shape index (κ2) is 7.29. The van der Waals surface area contributed by atoms with Crippen LogP contribution in [0.1, 0.15) is 26.3 Å². The van der Waals surface area contributed by atoms with Gasteiger partial charge in [-0.1, -0.05) is 24.6 Å². The van der Waals surface area contributed by atoms with E-state index in [-0.39, 0.29) is 25.6 Å². The fourth-order valence-corrected chi connectivity index (χ4v) is 5.35. The first-order valence-corrected chi connectivity index (χ1v) is 10.7. The van der Waals surface area contributed by atoms with E-state index in [1.54, 1.807) is 19.9 Å². The van der Waals surface area contributed by atoms with Crippen molar-refractivity contribution in [3.63, 3.8) is 0 Å². The predicted molar refractivity (Wildman–Crippen MR) is 111 cm³/mol. The minimum atomic E-state index is -1.34. The van der Waals surface area contributed by atoms with E-state index in [4.69, 9.17) is 11.6 Å². The lowest BCUT2D eigenvalue weighted by atomic mass is 9.67. The van der Waals surface area contributed by atoms with Gasteiger partial charge >= 0.3 is 6.03 Å². The molecule has 1 aromatic carbocycles. The van der Waals surface area contributed by atoms with Gasteiger partial charge in [0, 0.05) is 49.9 Å². The number of piperazine rings is 1. The number of fused-ring (bicyclic) bond motifs is 4. The average molecular weight is 419 g/mol. The molecule has 1 atom stereocenters. The number of benzene rings is 1. The lowest BCUT2D eigenvalue weighted by Crippen LogP contribution is -2.75. The molecular formula is C21H27ClN4O3. The predicted octanol–water partition coefficient (Wildman–Crippen LogP) is 2.22. The van der Waals surface area contributed by atoms with Crippen LogP contribution in [-0.4, -0.2) is 77.9 Å². The molecule has 156 valence electrons. The summed E-state index contributed by atoms with van der Waals surface area (Å²) in [6, 6.07) is 4.87. The monoisotopic (exact) mass is 418 g/mol. The van der Waals surface area contributed by atoms with Crippen molar-refractivity contribution in [1.82, 2.24) is 14.7 Å². The first-order chi connectivity index (χ1) is 13.9. The molecule has 0 aromatic heterocycles. The number of likely N-dealkylation sites (N-methyl/N-ethyl adjacent to an activating group) is 1. The number of hydrogen-bond donors (Lipinski definition) is 0. The lowest BCUT2D eigenvalue weighted by molar-refractivity contribution is -0.161. The Morgan fingerprint density at radius 2 is 1.66 bits per heavy atom. The first kappa shape index (κ1) is 20.2. The molecule has 2 fully saturated rings. The number of carbonyl (C=O) groups is 3. The smallest absolute Gasteiger partial charge is 0.333 e. The number of barbiturate groups is 1. The van der Waals surface area contributed by atoms with Gasteiger partial charge in [-0.15, -0.1) is 0 Å². The summed E-state index contributed by atoms with van der Waals surface area (Å²) in [5.74, 6) is -0.781. The summed E-state index contributed by atoms with van der Waals surface area (Å²) >= 11 is 6.54. The highest BCUT2D eigenvalue weighted by molar-refractivity contribution is 6.32. The molecule has 0 aliphatic carbocycles. The highest BCUT2D eigenvalue weighted by Gasteiger charge is 2.64. The van der Waals surface area contributed by atoms with Crippen molar-refractivity contribution in [3.8, 4) is 0 Å². The number of imide groups is 2. The zero-order valence-corrected chi connectivity index (χ0v) is 17.9. The molecule has 0 radical (unpaired) electrons. The standard InChI is InChI=1S/C21H27ClN4O3/c1-4-23-10-11-26-16-9-7-8-15(22)14(16)12-21(17(26)13-23)18(27)24(5-2)20(29)25(6-3)19(21)28/h7-9,17H,4-6,10-13H2,1-3H3. The van der Waals surface area contributed by atoms with Crippen molar-refractivity contribution in [3.05, 3.63) is 28.8 Å². The van der Waals surface area contributed by atoms with Crippen LogP contribution in [0.15, 0.2) is 18.2 Å². The molecule has 3 heterocycles. The lowest BCUT2D eigenvalue weighted by Gasteiger charge is -2.56. The fraction of sp³-hybridized carbons (Fsp3) is 0.571. The molecule has 0 saturated carbocycles. The van der Waals surface area contributed by atoms with Crippen LogP contribution >= 0.6 is 11.6 Å². The number of hydrogen-bond acceptors (Lipinski definition) is 5. The molecule has 2 saturated heterocycles. The van der Waals surface area contributed by atoms with Crippen molar-refractivity contribution in [2.75, 3.05) is 44.2 Å². The van der Waals surface area contributed by atoms with Crippen LogP contribution in [-0.2, 0) is 16.0 Å². The summed E-state index contributed by atoms with van der Waals surface area (Å²) in [6.07, 6.45) is 0.221. The maximum absolute atomic E-state index is 13.8. The van der Waals surface area contributed by atoms with Crippen molar-refractivity contribution >= 4 is 35.1 Å². The molecule has 0 N–H and O–H groups in total. The topological polar surface area (TPSA) is 64.2 Å². The Morgan fingerprint density at radius 1 is 1.00 bits per heavy atom. The Balaban J connectivity index is 1.93. The van der Waals surface area contributed by atoms with Crippen LogP contribution in [0.5, 0.6) is 0 Å². The van der Waals surface area contributed by atoms with E-state index in [0.717, 1.165) is 24.3 Å². The molecule has 3 aliphatic heterocycles. The number of urea groups is 1. The molecule has 7 nitrogen and oxygen atoms in total. The third-order valence-electron chi connectivity index (χ3n) is 6.69. The molecule has 4 rings (SSSR count). The van der Waals surface area contributed by atoms with Gasteiger partial charge in [-0.05, 0) is 38.1 Å². The Hall–Kier alpha value is -2.12. The van der Waals surface area contributed by atoms with E-state index in [9.17, 15) is 14.4 Å². The molecule has 8 heteroatoms. The quantitative estimate of drug-likeness (QED) is 0.704. The molecule has 4 amide bonds. The largest absolute Gasteiger partial charge is 0.364 e. The summed E-state index contributed by atoms with van der Waals surface area (Å²) in [5, 5.41) is 0.557. The van der Waals surface area contributed by atoms with Gasteiger partial charge in [0.2, 0.25) is 11.8 Å². The Bertz CT molecular complexity index is 847. The van der Waals surface area contributed by atoms with Crippen LogP contribution in [0, 0.1) is 5.41 Å². The van der Waals surface area contributed by atoms with Crippen LogP contribution in [0.25, 0.3) is 0 Å². The first-order valence-electron chi connectivity index (χ1n) is 10.3. The van der Waals surface area contributed by atoms with E-state index >= 15 is 0 Å². The molecule has 29 heavy (non-hydrogen) atoms. The summed E-state index contributed by atoms with van der Waals surface area (Å²) in [4.78, 5) is 47.2. The molecule has 0 bridgehead atoms. The van der Waals surface area contributed by atoms with Crippen molar-refractivity contribution in [2.24, 2.45) is 5.41 Å². The van der Waals surface area contributed by atoms with E-state index < -0.39 is 23.3 Å². The van der Waals surface area contributed by atoms with Gasteiger partial charge in [0.25, 0.3) is 0 Å². The minimum absolute atomic E-state index is 0.221. The third kappa shape index (κ3) is 2.70. The van der Waals surface area contributed by atoms with E-state index in [0.29, 0.717) is 18.1 Å². The van der Waals surface area contributed by atoms with Crippen molar-refractivity contribution in [2.45, 2.75) is 33.2 Å². The normalized spacial score (nSPS) is 24.2. The van der Waals surface area contributed by atoms with Crippen molar-refractivity contribution in [1.29, 1.82) is 0 Å². The maximum atomic E-state index is 13.8. The Labute approximate surface area is 176 Å². The fourth-order valence-electron chi connectivity index (χ4n) is 5.11. The SMILES string of the molecule is CCN1CCN2c3cccc(Cl)c3CC3(C(=O)N(CC)C(=O)N(CC)C3=O)C2C1. The summed E-state index contributed by atoms with van der Waals surface area (Å²) in [5.41, 5.74) is 0.470. The molecule has 3 aliphatic rings. The maximum Gasteiger partial charge on any atom is 0.333 e. The van der Waals surface area contributed by atoms with Crippen LogP contribution in [0.3, 0.4) is 0 Å². The van der Waals surface area contributed by atoms with Crippen LogP contribution < -0.4 is 4.90 Å². The second-order valence-corrected chi connectivity index (χ2v) is 8.28. The van der Waals surface area contributed by atoms with Crippen molar-refractivity contribution < 1.29 is 14.4 Å². The molecule has 1 spiro atoms. The van der Waals surface area contributed by atoms with Gasteiger partial charge in [0.15, 0.2) is 5.41 Å². The highest BCUT2D eigenvalue weighted by Crippen LogP contribution is 2.48. The molecule has 1 aromatic rings. The van der Waals surface area contributed by atoms with Gasteiger partial charge < -0.3 is 4.90 Å². The van der Waals surface area contributed by atoms with E-state index in [1.807, 2.05) is 12.1 Å². The second-order valence-electron chi connectivity index (χ2n) is 7.87. The number of halogens is 1. The third-order valence-corrected chi connectivity index (χ3v) is 7.04. The van der Waals surface area contributed by atoms with Gasteiger partial charge in [-0.25, -0.2) is 4.79 Å². The average Bonchev–Trinajstić information content (AvgIpc) is 2.73. The molecule has 1 unspecified atom stereocenters. The zero-order valence-electron chi connectivity index (χ0n) is 17.2. The number of amides is 4. The van der Waals surface area contributed by atoms with E-state index in [1.165, 1.54) is 9.80 Å². The van der Waals surface area contributed by atoms with Gasteiger partial charge in [-0.2, -0.15) is 0 Å². The summed E-state index contributed by atoms with van der Waals surface area (Å²) < 4.78 is 0. The zero-order chi connectivity index (χ0) is 20.9.